The Morgan fingerprint density at radius 3 is 3.06 bits per heavy atom. The Kier molecular flexibility index (Phi) is 5.30. The van der Waals surface area contributed by atoms with Crippen LogP contribution in [-0.2, 0) is 14.3 Å². The summed E-state index contributed by atoms with van der Waals surface area (Å²) in [5.41, 5.74) is 1.49. The maximum Gasteiger partial charge on any atom is 0.309 e. The van der Waals surface area contributed by atoms with Gasteiger partial charge in [0.1, 0.15) is 5.94 Å². The van der Waals surface area contributed by atoms with Gasteiger partial charge in [-0.2, -0.15) is 0 Å². The van der Waals surface area contributed by atoms with Crippen LogP contribution in [0.4, 0.5) is 0 Å². The Morgan fingerprint density at radius 1 is 1.56 bits per heavy atom. The molecule has 0 atom stereocenters. The molecule has 1 aliphatic carbocycles. The molecule has 0 radical (unpaired) electrons. The van der Waals surface area contributed by atoms with Gasteiger partial charge in [-0.05, 0) is 12.5 Å². The van der Waals surface area contributed by atoms with Crippen molar-refractivity contribution >= 4 is 11.9 Å². The topological polar surface area (TPSA) is 43.4 Å². The molecule has 0 aliphatic heterocycles. The summed E-state index contributed by atoms with van der Waals surface area (Å²) < 4.78 is 5.04. The molecular weight excluding hydrogens is 204 g/mol. The van der Waals surface area contributed by atoms with E-state index in [0.29, 0.717) is 18.6 Å². The molecule has 0 bridgehead atoms. The Bertz CT molecular complexity index is 357. The second-order valence-corrected chi connectivity index (χ2v) is 3.74. The molecule has 0 aromatic heterocycles. The Balaban J connectivity index is 2.37. The van der Waals surface area contributed by atoms with Crippen LogP contribution in [0.15, 0.2) is 29.4 Å². The summed E-state index contributed by atoms with van der Waals surface area (Å²) in [6, 6.07) is 0. The third-order valence-corrected chi connectivity index (χ3v) is 2.31. The predicted molar refractivity (Wildman–Crippen MR) is 61.5 cm³/mol. The molecule has 16 heavy (non-hydrogen) atoms. The molecule has 0 unspecified atom stereocenters. The van der Waals surface area contributed by atoms with Crippen LogP contribution in [0.25, 0.3) is 0 Å². The quantitative estimate of drug-likeness (QED) is 0.406. The molecular formula is C13H16O3. The maximum absolute atomic E-state index is 11.4. The summed E-state index contributed by atoms with van der Waals surface area (Å²) in [4.78, 5) is 21.8. The second kappa shape index (κ2) is 6.81. The molecule has 0 spiro atoms. The first-order valence-corrected chi connectivity index (χ1v) is 5.52. The van der Waals surface area contributed by atoms with Crippen LogP contribution in [0.3, 0.4) is 0 Å². The lowest BCUT2D eigenvalue weighted by molar-refractivity contribution is -0.142. The molecule has 0 saturated heterocycles. The fourth-order valence-electron chi connectivity index (χ4n) is 1.42. The van der Waals surface area contributed by atoms with Crippen molar-refractivity contribution < 1.29 is 14.3 Å². The third kappa shape index (κ3) is 4.28. The first-order chi connectivity index (χ1) is 7.76. The second-order valence-electron chi connectivity index (χ2n) is 3.74. The standard InChI is InChI=1S/C13H16O3/c1-2-3-7-16-13(15)9-11-5-4-6-12(8-11)10-14/h4-6H,2-3,7-9H2,1H3. The molecule has 0 heterocycles. The molecule has 0 saturated carbocycles. The van der Waals surface area contributed by atoms with E-state index in [9.17, 15) is 9.59 Å². The highest BCUT2D eigenvalue weighted by Crippen LogP contribution is 2.18. The molecule has 0 N–H and O–H groups in total. The van der Waals surface area contributed by atoms with E-state index in [1.54, 1.807) is 12.2 Å². The molecule has 1 aliphatic rings. The lowest BCUT2D eigenvalue weighted by Crippen LogP contribution is -2.07. The van der Waals surface area contributed by atoms with E-state index in [4.69, 9.17) is 4.74 Å². The van der Waals surface area contributed by atoms with Crippen molar-refractivity contribution in [1.82, 2.24) is 0 Å². The zero-order valence-corrected chi connectivity index (χ0v) is 9.49. The lowest BCUT2D eigenvalue weighted by atomic mass is 9.99. The fraction of sp³-hybridized carbons (Fsp3) is 0.462. The summed E-state index contributed by atoms with van der Waals surface area (Å²) in [6.07, 6.45) is 7.99. The number of rotatable bonds is 5. The third-order valence-electron chi connectivity index (χ3n) is 2.31. The number of hydrogen-bond donors (Lipinski definition) is 0. The highest BCUT2D eigenvalue weighted by Gasteiger charge is 2.10. The van der Waals surface area contributed by atoms with Gasteiger partial charge in [0.2, 0.25) is 0 Å². The van der Waals surface area contributed by atoms with Gasteiger partial charge in [-0.25, -0.2) is 4.79 Å². The first kappa shape index (κ1) is 12.5. The van der Waals surface area contributed by atoms with Crippen LogP contribution in [0.2, 0.25) is 0 Å². The summed E-state index contributed by atoms with van der Waals surface area (Å²) in [5.74, 6) is 1.62. The monoisotopic (exact) mass is 220 g/mol. The van der Waals surface area contributed by atoms with Crippen molar-refractivity contribution in [1.29, 1.82) is 0 Å². The van der Waals surface area contributed by atoms with Crippen molar-refractivity contribution in [3.05, 3.63) is 29.4 Å². The molecule has 1 rings (SSSR count). The van der Waals surface area contributed by atoms with Crippen molar-refractivity contribution in [2.75, 3.05) is 6.61 Å². The van der Waals surface area contributed by atoms with Crippen molar-refractivity contribution in [3.8, 4) is 0 Å². The van der Waals surface area contributed by atoms with Crippen molar-refractivity contribution in [2.24, 2.45) is 0 Å². The SMILES string of the molecule is CCCCOC(=O)CC1=CC=CC(=C=O)C1. The average Bonchev–Trinajstić information content (AvgIpc) is 2.29. The smallest absolute Gasteiger partial charge is 0.309 e. The molecule has 0 aromatic rings. The Morgan fingerprint density at radius 2 is 2.38 bits per heavy atom. The van der Waals surface area contributed by atoms with Crippen LogP contribution in [0.1, 0.15) is 32.6 Å². The van der Waals surface area contributed by atoms with Crippen molar-refractivity contribution in [3.63, 3.8) is 0 Å². The van der Waals surface area contributed by atoms with Crippen LogP contribution in [0, 0.1) is 0 Å². The summed E-state index contributed by atoms with van der Waals surface area (Å²) in [6.45, 7) is 2.53. The van der Waals surface area contributed by atoms with Crippen LogP contribution in [0.5, 0.6) is 0 Å². The van der Waals surface area contributed by atoms with Gasteiger partial charge in [-0.1, -0.05) is 31.1 Å². The van der Waals surface area contributed by atoms with Gasteiger partial charge in [-0.3, -0.25) is 4.79 Å². The summed E-state index contributed by atoms with van der Waals surface area (Å²) in [5, 5.41) is 0. The zero-order chi connectivity index (χ0) is 11.8. The summed E-state index contributed by atoms with van der Waals surface area (Å²) in [7, 11) is 0. The van der Waals surface area contributed by atoms with Crippen LogP contribution < -0.4 is 0 Å². The van der Waals surface area contributed by atoms with Gasteiger partial charge in [-0.15, -0.1) is 0 Å². The Hall–Kier alpha value is -1.60. The Labute approximate surface area is 95.5 Å². The molecule has 3 nitrogen and oxygen atoms in total. The van der Waals surface area contributed by atoms with Gasteiger partial charge in [0.25, 0.3) is 0 Å². The number of unbranched alkanes of at least 4 members (excludes halogenated alkanes) is 1. The number of hydrogen-bond acceptors (Lipinski definition) is 3. The van der Waals surface area contributed by atoms with E-state index >= 15 is 0 Å². The largest absolute Gasteiger partial charge is 0.465 e. The van der Waals surface area contributed by atoms with E-state index in [1.165, 1.54) is 0 Å². The van der Waals surface area contributed by atoms with Gasteiger partial charge >= 0.3 is 5.97 Å². The van der Waals surface area contributed by atoms with E-state index < -0.39 is 0 Å². The normalized spacial score (nSPS) is 14.3. The fourth-order valence-corrected chi connectivity index (χ4v) is 1.42. The molecule has 0 amide bonds. The minimum absolute atomic E-state index is 0.222. The molecule has 0 fully saturated rings. The summed E-state index contributed by atoms with van der Waals surface area (Å²) >= 11 is 0. The molecule has 86 valence electrons. The predicted octanol–water partition coefficient (Wildman–Crippen LogP) is 2.36. The first-order valence-electron chi connectivity index (χ1n) is 5.52. The number of esters is 1. The minimum Gasteiger partial charge on any atom is -0.465 e. The van der Waals surface area contributed by atoms with Gasteiger partial charge in [0, 0.05) is 12.0 Å². The minimum atomic E-state index is -0.222. The van der Waals surface area contributed by atoms with Gasteiger partial charge in [0.15, 0.2) is 0 Å². The van der Waals surface area contributed by atoms with E-state index in [2.05, 4.69) is 0 Å². The van der Waals surface area contributed by atoms with Crippen LogP contribution >= 0.6 is 0 Å². The molecule has 3 heteroatoms. The highest BCUT2D eigenvalue weighted by molar-refractivity contribution is 5.73. The number of allylic oxidation sites excluding steroid dienone is 4. The van der Waals surface area contributed by atoms with Gasteiger partial charge in [0.05, 0.1) is 13.0 Å². The van der Waals surface area contributed by atoms with E-state index in [0.717, 1.165) is 18.4 Å². The number of carbonyl (C=O) groups is 1. The molecule has 0 aromatic carbocycles. The van der Waals surface area contributed by atoms with Gasteiger partial charge < -0.3 is 4.74 Å². The highest BCUT2D eigenvalue weighted by atomic mass is 16.5. The van der Waals surface area contributed by atoms with Crippen molar-refractivity contribution in [2.45, 2.75) is 32.6 Å². The zero-order valence-electron chi connectivity index (χ0n) is 9.49. The van der Waals surface area contributed by atoms with E-state index in [1.807, 2.05) is 18.9 Å². The van der Waals surface area contributed by atoms with Crippen LogP contribution in [-0.4, -0.2) is 18.5 Å². The number of carbonyl (C=O) groups excluding carboxylic acids is 2. The maximum atomic E-state index is 11.4. The lowest BCUT2D eigenvalue weighted by Gasteiger charge is -2.09. The average molecular weight is 220 g/mol. The van der Waals surface area contributed by atoms with E-state index in [-0.39, 0.29) is 12.4 Å². The number of ether oxygens (including phenoxy) is 1.